The van der Waals surface area contributed by atoms with Gasteiger partial charge in [-0.1, -0.05) is 24.4 Å². The highest BCUT2D eigenvalue weighted by molar-refractivity contribution is 7.71. The first-order valence-electron chi connectivity index (χ1n) is 5.83. The third kappa shape index (κ3) is 2.65. The van der Waals surface area contributed by atoms with Crippen LogP contribution in [0.4, 0.5) is 19.0 Å². The Morgan fingerprint density at radius 1 is 1.14 bits per heavy atom. The maximum Gasteiger partial charge on any atom is 0.416 e. The Hall–Kier alpha value is -2.84. The number of hydrogen-bond donors (Lipinski definition) is 2. The molecule has 0 amide bonds. The van der Waals surface area contributed by atoms with Gasteiger partial charge in [0.25, 0.3) is 0 Å². The number of H-pyrrole nitrogens is 1. The van der Waals surface area contributed by atoms with E-state index in [1.165, 1.54) is 12.1 Å². The lowest BCUT2D eigenvalue weighted by atomic mass is 9.95. The number of nitriles is 2. The van der Waals surface area contributed by atoms with E-state index < -0.39 is 11.7 Å². The van der Waals surface area contributed by atoms with E-state index in [0.717, 1.165) is 12.1 Å². The van der Waals surface area contributed by atoms with Gasteiger partial charge in [0.05, 0.1) is 11.1 Å². The van der Waals surface area contributed by atoms with Crippen molar-refractivity contribution in [2.24, 2.45) is 0 Å². The Bertz CT molecular complexity index is 885. The molecular weight excluding hydrogens is 313 g/mol. The lowest BCUT2D eigenvalue weighted by Gasteiger charge is -2.12. The molecule has 4 nitrogen and oxygen atoms in total. The molecule has 0 saturated carbocycles. The fourth-order valence-electron chi connectivity index (χ4n) is 1.98. The van der Waals surface area contributed by atoms with Crippen LogP contribution in [-0.2, 0) is 6.18 Å². The maximum atomic E-state index is 12.8. The number of anilines is 1. The Kier molecular flexibility index (Phi) is 3.89. The van der Waals surface area contributed by atoms with Crippen molar-refractivity contribution in [3.63, 3.8) is 0 Å². The first-order chi connectivity index (χ1) is 10.3. The number of benzene rings is 1. The van der Waals surface area contributed by atoms with E-state index in [1.807, 2.05) is 0 Å². The summed E-state index contributed by atoms with van der Waals surface area (Å²) in [6, 6.07) is 7.89. The van der Waals surface area contributed by atoms with Gasteiger partial charge >= 0.3 is 6.18 Å². The number of halogens is 3. The van der Waals surface area contributed by atoms with Crippen LogP contribution in [0.2, 0.25) is 0 Å². The maximum absolute atomic E-state index is 12.8. The molecule has 8 heteroatoms. The highest BCUT2D eigenvalue weighted by Gasteiger charge is 2.31. The summed E-state index contributed by atoms with van der Waals surface area (Å²) < 4.78 is 38.4. The second-order valence-corrected chi connectivity index (χ2v) is 4.70. The van der Waals surface area contributed by atoms with E-state index >= 15 is 0 Å². The summed E-state index contributed by atoms with van der Waals surface area (Å²) in [5, 5.41) is 18.4. The number of alkyl halides is 3. The fraction of sp³-hybridized carbons (Fsp3) is 0.0714. The number of hydrogen-bond acceptors (Lipinski definition) is 4. The zero-order chi connectivity index (χ0) is 16.5. The zero-order valence-corrected chi connectivity index (χ0v) is 11.6. The van der Waals surface area contributed by atoms with Crippen LogP contribution in [0.3, 0.4) is 0 Å². The molecule has 22 heavy (non-hydrogen) atoms. The van der Waals surface area contributed by atoms with Crippen molar-refractivity contribution in [3.05, 3.63) is 45.6 Å². The van der Waals surface area contributed by atoms with Gasteiger partial charge < -0.3 is 10.7 Å². The largest absolute Gasteiger partial charge is 0.416 e. The van der Waals surface area contributed by atoms with Gasteiger partial charge in [-0.25, -0.2) is 0 Å². The fourth-order valence-corrected chi connectivity index (χ4v) is 2.24. The summed E-state index contributed by atoms with van der Waals surface area (Å²) >= 11 is 4.95. The minimum Gasteiger partial charge on any atom is -0.384 e. The van der Waals surface area contributed by atoms with Crippen molar-refractivity contribution in [1.82, 2.24) is 4.98 Å². The van der Waals surface area contributed by atoms with Crippen LogP contribution in [0, 0.1) is 27.3 Å². The first-order valence-corrected chi connectivity index (χ1v) is 6.24. The van der Waals surface area contributed by atoms with Gasteiger partial charge in [-0.3, -0.25) is 0 Å². The van der Waals surface area contributed by atoms with Crippen LogP contribution in [0.25, 0.3) is 11.1 Å². The highest BCUT2D eigenvalue weighted by atomic mass is 32.1. The quantitative estimate of drug-likeness (QED) is 0.783. The molecule has 0 fully saturated rings. The zero-order valence-electron chi connectivity index (χ0n) is 10.8. The second-order valence-electron chi connectivity index (χ2n) is 4.29. The molecule has 0 bridgehead atoms. The molecule has 2 rings (SSSR count). The Morgan fingerprint density at radius 2 is 1.77 bits per heavy atom. The van der Waals surface area contributed by atoms with E-state index in [-0.39, 0.29) is 32.7 Å². The number of nitrogens with one attached hydrogen (secondary N) is 1. The molecule has 2 aromatic rings. The smallest absolute Gasteiger partial charge is 0.384 e. The van der Waals surface area contributed by atoms with Crippen molar-refractivity contribution in [1.29, 1.82) is 10.5 Å². The van der Waals surface area contributed by atoms with Crippen LogP contribution in [-0.4, -0.2) is 4.98 Å². The summed E-state index contributed by atoms with van der Waals surface area (Å²) in [6.45, 7) is 0. The van der Waals surface area contributed by atoms with Gasteiger partial charge in [-0.2, -0.15) is 23.7 Å². The molecule has 1 heterocycles. The van der Waals surface area contributed by atoms with Gasteiger partial charge in [0.1, 0.15) is 28.2 Å². The molecule has 0 saturated heterocycles. The van der Waals surface area contributed by atoms with Crippen molar-refractivity contribution >= 4 is 18.0 Å². The summed E-state index contributed by atoms with van der Waals surface area (Å²) in [6.07, 6.45) is -4.54. The molecule has 0 aliphatic heterocycles. The average Bonchev–Trinajstić information content (AvgIpc) is 2.46. The number of rotatable bonds is 1. The normalized spacial score (nSPS) is 10.8. The molecule has 1 aromatic carbocycles. The second kappa shape index (κ2) is 5.51. The lowest BCUT2D eigenvalue weighted by molar-refractivity contribution is -0.137. The van der Waals surface area contributed by atoms with Crippen LogP contribution in [0.15, 0.2) is 24.3 Å². The van der Waals surface area contributed by atoms with E-state index in [0.29, 0.717) is 0 Å². The summed E-state index contributed by atoms with van der Waals surface area (Å²) in [5.74, 6) is -0.0982. The molecule has 110 valence electrons. The van der Waals surface area contributed by atoms with Crippen molar-refractivity contribution in [2.45, 2.75) is 6.18 Å². The molecule has 0 aliphatic carbocycles. The number of aromatic nitrogens is 1. The molecule has 0 unspecified atom stereocenters. The van der Waals surface area contributed by atoms with Gasteiger partial charge in [0.2, 0.25) is 0 Å². The Labute approximate surface area is 128 Å². The van der Waals surface area contributed by atoms with Crippen molar-refractivity contribution in [3.8, 4) is 23.3 Å². The number of aromatic amines is 1. The molecule has 3 N–H and O–H groups in total. The van der Waals surface area contributed by atoms with Crippen LogP contribution in [0.5, 0.6) is 0 Å². The van der Waals surface area contributed by atoms with Gasteiger partial charge in [0.15, 0.2) is 0 Å². The predicted octanol–water partition coefficient (Wildman–Crippen LogP) is 3.76. The molecule has 0 spiro atoms. The van der Waals surface area contributed by atoms with E-state index in [4.69, 9.17) is 18.0 Å². The van der Waals surface area contributed by atoms with Crippen LogP contribution >= 0.6 is 12.2 Å². The molecule has 1 aromatic heterocycles. The Balaban J connectivity index is 2.87. The van der Waals surface area contributed by atoms with Crippen LogP contribution in [0.1, 0.15) is 16.7 Å². The van der Waals surface area contributed by atoms with Crippen LogP contribution < -0.4 is 5.73 Å². The average molecular weight is 320 g/mol. The summed E-state index contributed by atoms with van der Waals surface area (Å²) in [4.78, 5) is 2.49. The monoisotopic (exact) mass is 320 g/mol. The lowest BCUT2D eigenvalue weighted by Crippen LogP contribution is -2.06. The van der Waals surface area contributed by atoms with E-state index in [2.05, 4.69) is 4.98 Å². The minimum atomic E-state index is -4.54. The third-order valence-corrected chi connectivity index (χ3v) is 3.25. The van der Waals surface area contributed by atoms with Gasteiger partial charge in [-0.15, -0.1) is 0 Å². The number of pyridine rings is 1. The van der Waals surface area contributed by atoms with Gasteiger partial charge in [0, 0.05) is 5.56 Å². The van der Waals surface area contributed by atoms with E-state index in [1.54, 1.807) is 12.1 Å². The molecule has 0 atom stereocenters. The number of nitrogens with two attached hydrogens (primary N) is 1. The third-order valence-electron chi connectivity index (χ3n) is 2.95. The molecular formula is C14H7F3N4S. The first kappa shape index (κ1) is 15.5. The SMILES string of the molecule is N#Cc1c(N)[nH]c(=S)c(C#N)c1-c1cccc(C(F)(F)F)c1. The van der Waals surface area contributed by atoms with Crippen molar-refractivity contribution < 1.29 is 13.2 Å². The molecule has 0 radical (unpaired) electrons. The summed E-state index contributed by atoms with van der Waals surface area (Å²) in [7, 11) is 0. The minimum absolute atomic E-state index is 0.00245. The number of nitrogen functional groups attached to an aromatic ring is 1. The van der Waals surface area contributed by atoms with Crippen molar-refractivity contribution in [2.75, 3.05) is 5.73 Å². The summed E-state index contributed by atoms with van der Waals surface area (Å²) in [5.41, 5.74) is 4.58. The predicted molar refractivity (Wildman–Crippen MR) is 75.9 cm³/mol. The standard InChI is InChI=1S/C14H7F3N4S/c15-14(16,17)8-3-1-2-7(4-8)11-9(5-18)12(20)21-13(22)10(11)6-19/h1-4H,(H3,20,21,22). The Morgan fingerprint density at radius 3 is 2.32 bits per heavy atom. The topological polar surface area (TPSA) is 89.4 Å². The van der Waals surface area contributed by atoms with Gasteiger partial charge in [-0.05, 0) is 17.7 Å². The number of nitrogens with zero attached hydrogens (tertiary/aromatic N) is 2. The van der Waals surface area contributed by atoms with E-state index in [9.17, 15) is 23.7 Å². The highest BCUT2D eigenvalue weighted by Crippen LogP contribution is 2.35. The molecule has 0 aliphatic rings.